The van der Waals surface area contributed by atoms with Crippen molar-refractivity contribution in [2.24, 2.45) is 0 Å². The molecule has 0 fully saturated rings. The van der Waals surface area contributed by atoms with Gasteiger partial charge in [0.05, 0.1) is 9.95 Å². The van der Waals surface area contributed by atoms with Crippen molar-refractivity contribution in [1.29, 1.82) is 0 Å². The zero-order chi connectivity index (χ0) is 14.7. The first kappa shape index (κ1) is 14.6. The Morgan fingerprint density at radius 1 is 1.15 bits per heavy atom. The van der Waals surface area contributed by atoms with Crippen molar-refractivity contribution in [3.05, 3.63) is 67.9 Å². The number of nitrogens with zero attached hydrogens (tertiary/aromatic N) is 1. The topological polar surface area (TPSA) is 55.2 Å². The SMILES string of the molecule is O=[N+]([O-])c1ccc(Cl)c(CNc2ccc(Cl)c(F)c2)c1. The molecule has 0 aromatic heterocycles. The lowest BCUT2D eigenvalue weighted by Crippen LogP contribution is -2.01. The summed E-state index contributed by atoms with van der Waals surface area (Å²) in [4.78, 5) is 10.2. The smallest absolute Gasteiger partial charge is 0.269 e. The molecule has 0 amide bonds. The number of hydrogen-bond donors (Lipinski definition) is 1. The summed E-state index contributed by atoms with van der Waals surface area (Å²) in [5, 5.41) is 14.1. The van der Waals surface area contributed by atoms with Gasteiger partial charge >= 0.3 is 0 Å². The fourth-order valence-electron chi connectivity index (χ4n) is 1.61. The molecule has 0 aliphatic rings. The molecule has 20 heavy (non-hydrogen) atoms. The highest BCUT2D eigenvalue weighted by Gasteiger charge is 2.10. The van der Waals surface area contributed by atoms with Gasteiger partial charge in [-0.1, -0.05) is 23.2 Å². The average molecular weight is 315 g/mol. The molecule has 0 saturated heterocycles. The van der Waals surface area contributed by atoms with Gasteiger partial charge in [-0.3, -0.25) is 10.1 Å². The highest BCUT2D eigenvalue weighted by atomic mass is 35.5. The third-order valence-electron chi connectivity index (χ3n) is 2.64. The second kappa shape index (κ2) is 6.07. The monoisotopic (exact) mass is 314 g/mol. The summed E-state index contributed by atoms with van der Waals surface area (Å²) in [6, 6.07) is 8.44. The van der Waals surface area contributed by atoms with E-state index in [2.05, 4.69) is 5.32 Å². The van der Waals surface area contributed by atoms with E-state index in [1.807, 2.05) is 0 Å². The molecule has 0 aliphatic carbocycles. The minimum Gasteiger partial charge on any atom is -0.381 e. The van der Waals surface area contributed by atoms with Crippen LogP contribution in [0.5, 0.6) is 0 Å². The van der Waals surface area contributed by atoms with Gasteiger partial charge in [0.15, 0.2) is 0 Å². The molecule has 2 aromatic carbocycles. The minimum atomic E-state index is -0.540. The number of non-ortho nitro benzene ring substituents is 1. The van der Waals surface area contributed by atoms with Crippen molar-refractivity contribution >= 4 is 34.6 Å². The Morgan fingerprint density at radius 3 is 2.50 bits per heavy atom. The molecule has 0 bridgehead atoms. The van der Waals surface area contributed by atoms with Crippen molar-refractivity contribution in [3.63, 3.8) is 0 Å². The van der Waals surface area contributed by atoms with Crippen LogP contribution in [0.2, 0.25) is 10.0 Å². The molecule has 2 aromatic rings. The van der Waals surface area contributed by atoms with E-state index < -0.39 is 10.7 Å². The summed E-state index contributed by atoms with van der Waals surface area (Å²) in [5.41, 5.74) is 1.01. The van der Waals surface area contributed by atoms with Crippen LogP contribution in [0.1, 0.15) is 5.56 Å². The maximum atomic E-state index is 13.3. The summed E-state index contributed by atoms with van der Waals surface area (Å²) in [7, 11) is 0. The normalized spacial score (nSPS) is 10.3. The van der Waals surface area contributed by atoms with Gasteiger partial charge in [-0.15, -0.1) is 0 Å². The van der Waals surface area contributed by atoms with Crippen LogP contribution in [0, 0.1) is 15.9 Å². The first-order chi connectivity index (χ1) is 9.47. The molecular weight excluding hydrogens is 306 g/mol. The number of halogens is 3. The Kier molecular flexibility index (Phi) is 4.42. The lowest BCUT2D eigenvalue weighted by Gasteiger charge is -2.08. The van der Waals surface area contributed by atoms with Crippen LogP contribution in [0.4, 0.5) is 15.8 Å². The summed E-state index contributed by atoms with van der Waals surface area (Å²) in [6.45, 7) is 0.238. The molecule has 0 unspecified atom stereocenters. The molecule has 0 spiro atoms. The van der Waals surface area contributed by atoms with E-state index in [9.17, 15) is 14.5 Å². The van der Waals surface area contributed by atoms with Crippen molar-refractivity contribution < 1.29 is 9.31 Å². The number of rotatable bonds is 4. The van der Waals surface area contributed by atoms with Gasteiger partial charge < -0.3 is 5.32 Å². The van der Waals surface area contributed by atoms with E-state index >= 15 is 0 Å². The standard InChI is InChI=1S/C13H9Cl2FN2O2/c14-11-4-2-10(18(19)20)5-8(11)7-17-9-1-3-12(15)13(16)6-9/h1-6,17H,7H2. The van der Waals surface area contributed by atoms with Gasteiger partial charge in [-0.05, 0) is 29.8 Å². The van der Waals surface area contributed by atoms with Crippen molar-refractivity contribution in [1.82, 2.24) is 0 Å². The summed E-state index contributed by atoms with van der Waals surface area (Å²) < 4.78 is 13.3. The van der Waals surface area contributed by atoms with Crippen LogP contribution in [-0.2, 0) is 6.54 Å². The fraction of sp³-hybridized carbons (Fsp3) is 0.0769. The zero-order valence-electron chi connectivity index (χ0n) is 10.1. The number of hydrogen-bond acceptors (Lipinski definition) is 3. The van der Waals surface area contributed by atoms with Gasteiger partial charge in [0.25, 0.3) is 5.69 Å². The molecular formula is C13H9Cl2FN2O2. The van der Waals surface area contributed by atoms with Gasteiger partial charge in [-0.2, -0.15) is 0 Å². The molecule has 0 aliphatic heterocycles. The predicted molar refractivity (Wildman–Crippen MR) is 76.8 cm³/mol. The Morgan fingerprint density at radius 2 is 1.85 bits per heavy atom. The van der Waals surface area contributed by atoms with E-state index in [0.29, 0.717) is 16.3 Å². The maximum absolute atomic E-state index is 13.3. The molecule has 1 N–H and O–H groups in total. The van der Waals surface area contributed by atoms with E-state index in [-0.39, 0.29) is 17.3 Å². The molecule has 7 heteroatoms. The van der Waals surface area contributed by atoms with Gasteiger partial charge in [0.2, 0.25) is 0 Å². The Balaban J connectivity index is 2.15. The van der Waals surface area contributed by atoms with Gasteiger partial charge in [-0.25, -0.2) is 4.39 Å². The van der Waals surface area contributed by atoms with Crippen molar-refractivity contribution in [3.8, 4) is 0 Å². The third kappa shape index (κ3) is 3.37. The largest absolute Gasteiger partial charge is 0.381 e. The lowest BCUT2D eigenvalue weighted by atomic mass is 10.2. The van der Waals surface area contributed by atoms with Crippen LogP contribution in [0.15, 0.2) is 36.4 Å². The van der Waals surface area contributed by atoms with Crippen LogP contribution in [0.25, 0.3) is 0 Å². The highest BCUT2D eigenvalue weighted by Crippen LogP contribution is 2.24. The number of nitrogens with one attached hydrogen (secondary N) is 1. The Labute approximate surface area is 124 Å². The first-order valence-corrected chi connectivity index (χ1v) is 6.34. The number of anilines is 1. The summed E-state index contributed by atoms with van der Waals surface area (Å²) in [5.74, 6) is -0.540. The van der Waals surface area contributed by atoms with E-state index in [0.717, 1.165) is 0 Å². The van der Waals surface area contributed by atoms with Crippen LogP contribution in [-0.4, -0.2) is 4.92 Å². The van der Waals surface area contributed by atoms with Crippen LogP contribution >= 0.6 is 23.2 Å². The number of nitro benzene ring substituents is 1. The number of nitro groups is 1. The Hall–Kier alpha value is -1.85. The van der Waals surface area contributed by atoms with E-state index in [1.54, 1.807) is 6.07 Å². The fourth-order valence-corrected chi connectivity index (χ4v) is 1.92. The molecule has 4 nitrogen and oxygen atoms in total. The van der Waals surface area contributed by atoms with Crippen molar-refractivity contribution in [2.45, 2.75) is 6.54 Å². The highest BCUT2D eigenvalue weighted by molar-refractivity contribution is 6.31. The molecule has 0 atom stereocenters. The quantitative estimate of drug-likeness (QED) is 0.660. The van der Waals surface area contributed by atoms with E-state index in [4.69, 9.17) is 23.2 Å². The second-order valence-electron chi connectivity index (χ2n) is 4.02. The molecule has 0 saturated carbocycles. The van der Waals surface area contributed by atoms with Crippen LogP contribution < -0.4 is 5.32 Å². The lowest BCUT2D eigenvalue weighted by molar-refractivity contribution is -0.384. The van der Waals surface area contributed by atoms with Gasteiger partial charge in [0, 0.05) is 29.4 Å². The maximum Gasteiger partial charge on any atom is 0.269 e. The molecule has 2 rings (SSSR count). The van der Waals surface area contributed by atoms with Crippen molar-refractivity contribution in [2.75, 3.05) is 5.32 Å². The molecule has 0 radical (unpaired) electrons. The number of benzene rings is 2. The zero-order valence-corrected chi connectivity index (χ0v) is 11.6. The molecule has 0 heterocycles. The first-order valence-electron chi connectivity index (χ1n) is 5.59. The van der Waals surface area contributed by atoms with E-state index in [1.165, 1.54) is 30.3 Å². The van der Waals surface area contributed by atoms with Gasteiger partial charge in [0.1, 0.15) is 5.82 Å². The van der Waals surface area contributed by atoms with Crippen LogP contribution in [0.3, 0.4) is 0 Å². The molecule has 104 valence electrons. The summed E-state index contributed by atoms with van der Waals surface area (Å²) >= 11 is 11.5. The predicted octanol–water partition coefficient (Wildman–Crippen LogP) is 4.65. The second-order valence-corrected chi connectivity index (χ2v) is 4.83. The minimum absolute atomic E-state index is 0.0314. The third-order valence-corrected chi connectivity index (χ3v) is 3.32. The summed E-state index contributed by atoms with van der Waals surface area (Å²) in [6.07, 6.45) is 0. The Bertz CT molecular complexity index is 665. The average Bonchev–Trinajstić information content (AvgIpc) is 2.41.